The number of rotatable bonds is 2. The van der Waals surface area contributed by atoms with Crippen molar-refractivity contribution in [2.45, 2.75) is 19.0 Å². The SMILES string of the molecule is COC(=O)O.OC(F)C(F)C(F)F. The summed E-state index contributed by atoms with van der Waals surface area (Å²) >= 11 is 0. The van der Waals surface area contributed by atoms with E-state index < -0.39 is 25.1 Å². The molecule has 13 heavy (non-hydrogen) atoms. The maximum atomic E-state index is 11.3. The van der Waals surface area contributed by atoms with Gasteiger partial charge in [0.2, 0.25) is 12.5 Å². The molecule has 0 bridgehead atoms. The highest BCUT2D eigenvalue weighted by Crippen LogP contribution is 2.09. The van der Waals surface area contributed by atoms with Crippen molar-refractivity contribution in [2.75, 3.05) is 7.11 Å². The minimum atomic E-state index is -3.45. The van der Waals surface area contributed by atoms with Gasteiger partial charge in [-0.1, -0.05) is 0 Å². The van der Waals surface area contributed by atoms with Gasteiger partial charge < -0.3 is 14.9 Å². The molecule has 0 aromatic carbocycles. The van der Waals surface area contributed by atoms with E-state index in [1.54, 1.807) is 0 Å². The highest BCUT2D eigenvalue weighted by atomic mass is 19.3. The molecule has 2 N–H and O–H groups in total. The Kier molecular flexibility index (Phi) is 8.45. The van der Waals surface area contributed by atoms with Crippen LogP contribution in [0.5, 0.6) is 0 Å². The van der Waals surface area contributed by atoms with E-state index in [0.717, 1.165) is 7.11 Å². The van der Waals surface area contributed by atoms with Crippen LogP contribution in [-0.2, 0) is 4.74 Å². The monoisotopic (exact) mass is 208 g/mol. The average Bonchev–Trinajstić information content (AvgIpc) is 2.03. The summed E-state index contributed by atoms with van der Waals surface area (Å²) in [7, 11) is 1.10. The first kappa shape index (κ1) is 14.5. The Bertz CT molecular complexity index is 132. The zero-order chi connectivity index (χ0) is 11.0. The predicted octanol–water partition coefficient (Wildman–Crippen LogP) is 1.19. The lowest BCUT2D eigenvalue weighted by Gasteiger charge is -2.04. The first-order valence-corrected chi connectivity index (χ1v) is 2.84. The lowest BCUT2D eigenvalue weighted by molar-refractivity contribution is -0.0892. The topological polar surface area (TPSA) is 66.8 Å². The molecular weight excluding hydrogens is 200 g/mol. The van der Waals surface area contributed by atoms with Gasteiger partial charge in [-0.25, -0.2) is 22.4 Å². The highest BCUT2D eigenvalue weighted by Gasteiger charge is 2.27. The number of carboxylic acid groups (broad SMARTS) is 1. The van der Waals surface area contributed by atoms with Crippen LogP contribution in [0.4, 0.5) is 22.4 Å². The summed E-state index contributed by atoms with van der Waals surface area (Å²) in [6, 6.07) is 0. The minimum absolute atomic E-state index is 1.10. The molecule has 2 unspecified atom stereocenters. The standard InChI is InChI=1S/C3H4F4O.C2H4O3/c4-1(2(5)6)3(7)8;1-5-2(3)4/h1-3,8H;1H3,(H,3,4). The van der Waals surface area contributed by atoms with Crippen LogP contribution in [0.25, 0.3) is 0 Å². The van der Waals surface area contributed by atoms with Crippen molar-refractivity contribution in [3.05, 3.63) is 0 Å². The largest absolute Gasteiger partial charge is 0.505 e. The summed E-state index contributed by atoms with van der Waals surface area (Å²) in [6.07, 6.45) is -10.8. The van der Waals surface area contributed by atoms with Gasteiger partial charge in [0, 0.05) is 0 Å². The lowest BCUT2D eigenvalue weighted by Crippen LogP contribution is -2.24. The number of hydrogen-bond acceptors (Lipinski definition) is 3. The molecule has 0 aliphatic carbocycles. The molecule has 2 atom stereocenters. The molecule has 0 aliphatic heterocycles. The molecule has 0 heterocycles. The highest BCUT2D eigenvalue weighted by molar-refractivity contribution is 5.56. The molecule has 0 aromatic rings. The summed E-state index contributed by atoms with van der Waals surface area (Å²) in [5.41, 5.74) is 0. The molecular formula is C5H8F4O4. The van der Waals surface area contributed by atoms with Crippen molar-refractivity contribution >= 4 is 6.16 Å². The predicted molar refractivity (Wildman–Crippen MR) is 33.0 cm³/mol. The van der Waals surface area contributed by atoms with Gasteiger partial charge >= 0.3 is 6.16 Å². The fourth-order valence-corrected chi connectivity index (χ4v) is 0.120. The van der Waals surface area contributed by atoms with Gasteiger partial charge in [-0.3, -0.25) is 0 Å². The van der Waals surface area contributed by atoms with E-state index in [0.29, 0.717) is 0 Å². The molecule has 0 rings (SSSR count). The summed E-state index contributed by atoms with van der Waals surface area (Å²) in [6.45, 7) is 0. The van der Waals surface area contributed by atoms with Crippen LogP contribution in [0.15, 0.2) is 0 Å². The van der Waals surface area contributed by atoms with Crippen molar-refractivity contribution in [2.24, 2.45) is 0 Å². The number of methoxy groups -OCH3 is 1. The molecule has 0 saturated carbocycles. The van der Waals surface area contributed by atoms with Crippen molar-refractivity contribution in [1.82, 2.24) is 0 Å². The van der Waals surface area contributed by atoms with Crippen molar-refractivity contribution in [1.29, 1.82) is 0 Å². The number of halogens is 4. The Labute approximate surface area is 70.7 Å². The molecule has 0 spiro atoms. The molecule has 0 aromatic heterocycles. The summed E-state index contributed by atoms with van der Waals surface area (Å²) < 4.78 is 47.8. The Morgan fingerprint density at radius 3 is 1.62 bits per heavy atom. The molecule has 0 amide bonds. The molecule has 4 nitrogen and oxygen atoms in total. The quantitative estimate of drug-likeness (QED) is 0.528. The molecule has 8 heteroatoms. The van der Waals surface area contributed by atoms with Gasteiger partial charge in [0.1, 0.15) is 0 Å². The fourth-order valence-electron chi connectivity index (χ4n) is 0.120. The van der Waals surface area contributed by atoms with Gasteiger partial charge in [0.15, 0.2) is 0 Å². The van der Waals surface area contributed by atoms with Crippen molar-refractivity contribution in [3.8, 4) is 0 Å². The molecule has 0 saturated heterocycles. The maximum absolute atomic E-state index is 11.3. The van der Waals surface area contributed by atoms with E-state index in [4.69, 9.17) is 15.0 Å². The Morgan fingerprint density at radius 1 is 1.31 bits per heavy atom. The van der Waals surface area contributed by atoms with Crippen LogP contribution in [0.3, 0.4) is 0 Å². The van der Waals surface area contributed by atoms with Crippen molar-refractivity contribution in [3.63, 3.8) is 0 Å². The van der Waals surface area contributed by atoms with E-state index >= 15 is 0 Å². The number of carbonyl (C=O) groups is 1. The normalized spacial score (nSPS) is 14.1. The third-order valence-corrected chi connectivity index (χ3v) is 0.678. The number of aliphatic hydroxyl groups is 1. The van der Waals surface area contributed by atoms with Crippen LogP contribution >= 0.6 is 0 Å². The Hall–Kier alpha value is -1.05. The number of hydrogen-bond donors (Lipinski definition) is 2. The summed E-state index contributed by atoms with van der Waals surface area (Å²) in [5, 5.41) is 15.0. The van der Waals surface area contributed by atoms with Crippen LogP contribution in [-0.4, -0.2) is 42.4 Å². The Balaban J connectivity index is 0. The third kappa shape index (κ3) is 10.9. The van der Waals surface area contributed by atoms with Crippen LogP contribution in [0.1, 0.15) is 0 Å². The van der Waals surface area contributed by atoms with E-state index in [9.17, 15) is 17.6 Å². The third-order valence-electron chi connectivity index (χ3n) is 0.678. The van der Waals surface area contributed by atoms with Gasteiger partial charge in [-0.2, -0.15) is 0 Å². The van der Waals surface area contributed by atoms with Gasteiger partial charge in [0.25, 0.3) is 6.43 Å². The number of ether oxygens (including phenoxy) is 1. The van der Waals surface area contributed by atoms with E-state index in [1.165, 1.54) is 0 Å². The zero-order valence-corrected chi connectivity index (χ0v) is 6.45. The zero-order valence-electron chi connectivity index (χ0n) is 6.45. The lowest BCUT2D eigenvalue weighted by atomic mass is 10.4. The maximum Gasteiger partial charge on any atom is 0.505 e. The van der Waals surface area contributed by atoms with Gasteiger partial charge in [-0.15, -0.1) is 0 Å². The minimum Gasteiger partial charge on any atom is -0.450 e. The van der Waals surface area contributed by atoms with E-state index in [1.807, 2.05) is 0 Å². The fraction of sp³-hybridized carbons (Fsp3) is 0.800. The second-order valence-corrected chi connectivity index (χ2v) is 1.62. The van der Waals surface area contributed by atoms with Gasteiger partial charge in [-0.05, 0) is 0 Å². The number of alkyl halides is 4. The average molecular weight is 208 g/mol. The molecule has 0 fully saturated rings. The first-order valence-electron chi connectivity index (χ1n) is 2.84. The Morgan fingerprint density at radius 2 is 1.62 bits per heavy atom. The first-order chi connectivity index (χ1) is 5.82. The second kappa shape index (κ2) is 7.59. The smallest absolute Gasteiger partial charge is 0.450 e. The van der Waals surface area contributed by atoms with Crippen molar-refractivity contribution < 1.29 is 37.3 Å². The summed E-state index contributed by atoms with van der Waals surface area (Å²) in [5.74, 6) is 0. The van der Waals surface area contributed by atoms with E-state index in [2.05, 4.69) is 4.74 Å². The van der Waals surface area contributed by atoms with Crippen LogP contribution in [0.2, 0.25) is 0 Å². The number of aliphatic hydroxyl groups excluding tert-OH is 1. The van der Waals surface area contributed by atoms with E-state index in [-0.39, 0.29) is 0 Å². The van der Waals surface area contributed by atoms with Gasteiger partial charge in [0.05, 0.1) is 7.11 Å². The van der Waals surface area contributed by atoms with Crippen LogP contribution < -0.4 is 0 Å². The molecule has 0 radical (unpaired) electrons. The van der Waals surface area contributed by atoms with Crippen LogP contribution in [0, 0.1) is 0 Å². The summed E-state index contributed by atoms with van der Waals surface area (Å²) in [4.78, 5) is 9.15. The molecule has 0 aliphatic rings. The molecule has 80 valence electrons. The second-order valence-electron chi connectivity index (χ2n) is 1.62.